The van der Waals surface area contributed by atoms with Crippen molar-refractivity contribution in [2.45, 2.75) is 0 Å². The highest BCUT2D eigenvalue weighted by Gasteiger charge is 2.22. The molecule has 13 aromatic rings. The van der Waals surface area contributed by atoms with Gasteiger partial charge in [0, 0.05) is 43.9 Å². The van der Waals surface area contributed by atoms with E-state index < -0.39 is 0 Å². The van der Waals surface area contributed by atoms with Crippen molar-refractivity contribution < 1.29 is 8.83 Å². The molecule has 0 unspecified atom stereocenters. The normalized spacial score (nSPS) is 11.8. The minimum Gasteiger partial charge on any atom is -0.456 e. The first-order valence-electron chi connectivity index (χ1n) is 21.5. The number of hydrogen-bond donors (Lipinski definition) is 0. The lowest BCUT2D eigenvalue weighted by molar-refractivity contribution is 0.669. The van der Waals surface area contributed by atoms with Gasteiger partial charge in [-0.15, -0.1) is 0 Å². The smallest absolute Gasteiger partial charge is 0.143 e. The van der Waals surface area contributed by atoms with Gasteiger partial charge in [-0.05, 0) is 121 Å². The Bertz CT molecular complexity index is 3910. The molecular formula is C60H37NO2. The van der Waals surface area contributed by atoms with Gasteiger partial charge in [0.2, 0.25) is 0 Å². The van der Waals surface area contributed by atoms with Gasteiger partial charge in [-0.1, -0.05) is 158 Å². The standard InChI is InChI=1S/C60H37NO2/c1-4-15-46-39(12-1)28-34-52-59-51(20-11-23-58(59)63-60(46)52)49-18-7-9-21-55(49)61(43-30-24-38(25-31-43)41-29-35-57-54(36-41)50-19-8-10-22-56(50)62-57)44-32-26-40(27-33-44)53-37-42-13-2-3-14-45(42)47-16-5-6-17-48(47)53/h1-37H. The van der Waals surface area contributed by atoms with E-state index in [0.717, 1.165) is 88.6 Å². The highest BCUT2D eigenvalue weighted by atomic mass is 16.3. The Morgan fingerprint density at radius 3 is 1.71 bits per heavy atom. The van der Waals surface area contributed by atoms with Crippen molar-refractivity contribution in [3.63, 3.8) is 0 Å². The molecule has 0 N–H and O–H groups in total. The number of furan rings is 2. The van der Waals surface area contributed by atoms with Crippen LogP contribution in [0.5, 0.6) is 0 Å². The number of fused-ring (bicyclic) bond motifs is 11. The third kappa shape index (κ3) is 5.67. The van der Waals surface area contributed by atoms with Gasteiger partial charge in [-0.3, -0.25) is 0 Å². The second-order valence-corrected chi connectivity index (χ2v) is 16.4. The van der Waals surface area contributed by atoms with Gasteiger partial charge in [0.25, 0.3) is 0 Å². The van der Waals surface area contributed by atoms with Gasteiger partial charge in [0.15, 0.2) is 0 Å². The molecule has 294 valence electrons. The molecule has 0 atom stereocenters. The molecule has 3 heteroatoms. The lowest BCUT2D eigenvalue weighted by Crippen LogP contribution is -2.11. The third-order valence-corrected chi connectivity index (χ3v) is 12.9. The van der Waals surface area contributed by atoms with Crippen LogP contribution in [-0.4, -0.2) is 0 Å². The lowest BCUT2D eigenvalue weighted by Gasteiger charge is -2.28. The van der Waals surface area contributed by atoms with Crippen LogP contribution in [-0.2, 0) is 0 Å². The van der Waals surface area contributed by atoms with Crippen molar-refractivity contribution in [1.82, 2.24) is 0 Å². The van der Waals surface area contributed by atoms with Crippen LogP contribution in [0, 0.1) is 0 Å². The molecule has 2 aromatic heterocycles. The Kier molecular flexibility index (Phi) is 7.91. The van der Waals surface area contributed by atoms with Crippen LogP contribution in [0.4, 0.5) is 17.1 Å². The summed E-state index contributed by atoms with van der Waals surface area (Å²) in [4.78, 5) is 2.39. The Hall–Kier alpha value is -8.40. The maximum Gasteiger partial charge on any atom is 0.143 e. The third-order valence-electron chi connectivity index (χ3n) is 12.9. The summed E-state index contributed by atoms with van der Waals surface area (Å²) >= 11 is 0. The minimum atomic E-state index is 0.874. The molecule has 0 spiro atoms. The van der Waals surface area contributed by atoms with Crippen molar-refractivity contribution in [3.05, 3.63) is 224 Å². The zero-order chi connectivity index (χ0) is 41.4. The predicted molar refractivity (Wildman–Crippen MR) is 265 cm³/mol. The number of nitrogens with zero attached hydrogens (tertiary/aromatic N) is 1. The molecule has 0 amide bonds. The number of anilines is 3. The second kappa shape index (κ2) is 14.1. The van der Waals surface area contributed by atoms with Crippen LogP contribution in [0.25, 0.3) is 110 Å². The van der Waals surface area contributed by atoms with Crippen LogP contribution in [0.3, 0.4) is 0 Å². The largest absolute Gasteiger partial charge is 0.456 e. The van der Waals surface area contributed by atoms with Crippen molar-refractivity contribution >= 4 is 93.3 Å². The topological polar surface area (TPSA) is 29.5 Å². The molecular weight excluding hydrogens is 767 g/mol. The fourth-order valence-corrected chi connectivity index (χ4v) is 9.89. The summed E-state index contributed by atoms with van der Waals surface area (Å²) in [6, 6.07) is 80.6. The number of hydrogen-bond acceptors (Lipinski definition) is 3. The molecule has 0 radical (unpaired) electrons. The average Bonchev–Trinajstić information content (AvgIpc) is 3.93. The van der Waals surface area contributed by atoms with Gasteiger partial charge < -0.3 is 13.7 Å². The van der Waals surface area contributed by atoms with Crippen LogP contribution < -0.4 is 4.90 Å². The van der Waals surface area contributed by atoms with E-state index in [1.807, 2.05) is 12.1 Å². The van der Waals surface area contributed by atoms with E-state index in [4.69, 9.17) is 8.83 Å². The summed E-state index contributed by atoms with van der Waals surface area (Å²) in [7, 11) is 0. The van der Waals surface area contributed by atoms with Crippen molar-refractivity contribution in [3.8, 4) is 33.4 Å². The van der Waals surface area contributed by atoms with Gasteiger partial charge in [0.05, 0.1) is 5.69 Å². The second-order valence-electron chi connectivity index (χ2n) is 16.4. The summed E-state index contributed by atoms with van der Waals surface area (Å²) in [5.41, 5.74) is 13.7. The summed E-state index contributed by atoms with van der Waals surface area (Å²) in [6.07, 6.45) is 0. The molecule has 3 nitrogen and oxygen atoms in total. The van der Waals surface area contributed by atoms with E-state index in [0.29, 0.717) is 0 Å². The Morgan fingerprint density at radius 1 is 0.286 bits per heavy atom. The molecule has 0 saturated heterocycles. The van der Waals surface area contributed by atoms with Gasteiger partial charge >= 0.3 is 0 Å². The van der Waals surface area contributed by atoms with E-state index in [1.165, 1.54) is 38.1 Å². The lowest BCUT2D eigenvalue weighted by atomic mass is 9.93. The van der Waals surface area contributed by atoms with Gasteiger partial charge in [-0.2, -0.15) is 0 Å². The highest BCUT2D eigenvalue weighted by Crippen LogP contribution is 2.46. The van der Waals surface area contributed by atoms with Gasteiger partial charge in [-0.25, -0.2) is 0 Å². The summed E-state index contributed by atoms with van der Waals surface area (Å²) in [5, 5.41) is 11.8. The van der Waals surface area contributed by atoms with Crippen LogP contribution in [0.1, 0.15) is 0 Å². The molecule has 0 aliphatic carbocycles. The predicted octanol–water partition coefficient (Wildman–Crippen LogP) is 17.4. The highest BCUT2D eigenvalue weighted by molar-refractivity contribution is 6.20. The zero-order valence-electron chi connectivity index (χ0n) is 34.1. The number of rotatable bonds is 6. The summed E-state index contributed by atoms with van der Waals surface area (Å²) in [5.74, 6) is 0. The quantitative estimate of drug-likeness (QED) is 0.157. The number of para-hydroxylation sites is 2. The van der Waals surface area contributed by atoms with E-state index in [2.05, 4.69) is 217 Å². The Morgan fingerprint density at radius 2 is 0.889 bits per heavy atom. The van der Waals surface area contributed by atoms with E-state index in [9.17, 15) is 0 Å². The Balaban J connectivity index is 0.981. The summed E-state index contributed by atoms with van der Waals surface area (Å²) in [6.45, 7) is 0. The molecule has 11 aromatic carbocycles. The van der Waals surface area contributed by atoms with Crippen molar-refractivity contribution in [2.24, 2.45) is 0 Å². The van der Waals surface area contributed by atoms with Crippen LogP contribution in [0.15, 0.2) is 233 Å². The molecule has 0 aliphatic heterocycles. The first-order valence-corrected chi connectivity index (χ1v) is 21.5. The van der Waals surface area contributed by atoms with E-state index in [1.54, 1.807) is 0 Å². The van der Waals surface area contributed by atoms with E-state index >= 15 is 0 Å². The summed E-state index contributed by atoms with van der Waals surface area (Å²) < 4.78 is 12.9. The van der Waals surface area contributed by atoms with Crippen molar-refractivity contribution in [1.29, 1.82) is 0 Å². The maximum atomic E-state index is 6.69. The molecule has 2 heterocycles. The number of benzene rings is 11. The molecule has 13 rings (SSSR count). The molecule has 0 aliphatic rings. The van der Waals surface area contributed by atoms with Gasteiger partial charge in [0.1, 0.15) is 22.3 Å². The molecule has 63 heavy (non-hydrogen) atoms. The zero-order valence-corrected chi connectivity index (χ0v) is 34.1. The molecule has 0 saturated carbocycles. The van der Waals surface area contributed by atoms with E-state index in [-0.39, 0.29) is 0 Å². The maximum absolute atomic E-state index is 6.69. The molecule has 0 bridgehead atoms. The van der Waals surface area contributed by atoms with Crippen LogP contribution in [0.2, 0.25) is 0 Å². The fourth-order valence-electron chi connectivity index (χ4n) is 9.89. The fraction of sp³-hybridized carbons (Fsp3) is 0. The first kappa shape index (κ1) is 35.4. The molecule has 0 fully saturated rings. The monoisotopic (exact) mass is 803 g/mol. The Labute approximate surface area is 363 Å². The SMILES string of the molecule is c1ccc(N(c2ccc(-c3ccc4oc5ccccc5c4c3)cc2)c2ccc(-c3cc4ccccc4c4ccccc34)cc2)c(-c2cccc3oc4c5ccccc5ccc4c23)c1. The minimum absolute atomic E-state index is 0.874. The first-order chi connectivity index (χ1) is 31.2. The van der Waals surface area contributed by atoms with Crippen LogP contribution >= 0.6 is 0 Å². The average molecular weight is 804 g/mol. The van der Waals surface area contributed by atoms with Crippen molar-refractivity contribution in [2.75, 3.05) is 4.90 Å².